The third-order valence-corrected chi connectivity index (χ3v) is 5.63. The van der Waals surface area contributed by atoms with Crippen LogP contribution < -0.4 is 11.3 Å². The molecule has 3 N–H and O–H groups in total. The molecular weight excluding hydrogens is 163 g/mol. The molecule has 0 fully saturated rings. The number of hydrazine groups is 1. The fourth-order valence-corrected chi connectivity index (χ4v) is 3.02. The maximum atomic E-state index is 5.08. The molecule has 0 saturated heterocycles. The molecular formula is C6H15N2PS. The Morgan fingerprint density at radius 3 is 2.50 bits per heavy atom. The van der Waals surface area contributed by atoms with E-state index < -0.39 is 0 Å². The molecule has 0 radical (unpaired) electrons. The number of nitrogens with one attached hydrogen (secondary N) is 1. The van der Waals surface area contributed by atoms with Gasteiger partial charge in [0.15, 0.2) is 0 Å². The minimum atomic E-state index is 0.526. The molecule has 0 amide bonds. The van der Waals surface area contributed by atoms with Crippen molar-refractivity contribution in [2.24, 2.45) is 5.84 Å². The van der Waals surface area contributed by atoms with Crippen LogP contribution in [0.3, 0.4) is 0 Å². The van der Waals surface area contributed by atoms with Gasteiger partial charge in [0.05, 0.1) is 0 Å². The minimum absolute atomic E-state index is 0.526. The van der Waals surface area contributed by atoms with Crippen molar-refractivity contribution in [3.05, 3.63) is 0 Å². The van der Waals surface area contributed by atoms with Gasteiger partial charge in [0.25, 0.3) is 0 Å². The Labute approximate surface area is 66.2 Å². The van der Waals surface area contributed by atoms with Crippen LogP contribution in [-0.4, -0.2) is 18.1 Å². The first-order valence-electron chi connectivity index (χ1n) is 3.39. The van der Waals surface area contributed by atoms with E-state index in [4.69, 9.17) is 5.84 Å². The molecule has 0 aromatic carbocycles. The summed E-state index contributed by atoms with van der Waals surface area (Å²) in [5.74, 6) is 7.60. The fraction of sp³-hybridized carbons (Fsp3) is 0.833. The molecule has 0 spiro atoms. The van der Waals surface area contributed by atoms with Crippen molar-refractivity contribution >= 4 is 16.9 Å². The average Bonchev–Trinajstić information content (AvgIpc) is 1.99. The van der Waals surface area contributed by atoms with E-state index in [1.165, 1.54) is 18.3 Å². The van der Waals surface area contributed by atoms with Gasteiger partial charge in [0.2, 0.25) is 0 Å². The van der Waals surface area contributed by atoms with Crippen molar-refractivity contribution in [2.45, 2.75) is 13.8 Å². The first-order chi connectivity index (χ1) is 4.85. The van der Waals surface area contributed by atoms with Gasteiger partial charge in [-0.15, -0.1) is 0 Å². The standard InChI is InChI=1S/C6H15N2PS/c1-3-10(4-2)9-6-5-8-7/h8H,3-5,7H2,1-2H3. The summed E-state index contributed by atoms with van der Waals surface area (Å²) < 4.78 is 0. The zero-order valence-corrected chi connectivity index (χ0v) is 8.27. The normalized spacial score (nSPS) is 9.60. The van der Waals surface area contributed by atoms with Gasteiger partial charge in [-0.3, -0.25) is 0 Å². The molecule has 0 heterocycles. The molecule has 0 aromatic heterocycles. The zero-order chi connectivity index (χ0) is 7.82. The molecule has 10 heavy (non-hydrogen) atoms. The molecule has 0 atom stereocenters. The van der Waals surface area contributed by atoms with E-state index in [2.05, 4.69) is 24.9 Å². The Morgan fingerprint density at radius 1 is 1.50 bits per heavy atom. The second-order valence-corrected chi connectivity index (χ2v) is 6.35. The summed E-state index contributed by atoms with van der Waals surface area (Å²) in [5.41, 5.74) is 5.74. The summed E-state index contributed by atoms with van der Waals surface area (Å²) in [7, 11) is 0.526. The summed E-state index contributed by atoms with van der Waals surface area (Å²) in [6, 6.07) is 0. The molecule has 4 heteroatoms. The van der Waals surface area contributed by atoms with Gasteiger partial charge in [-0.2, -0.15) is 0 Å². The van der Waals surface area contributed by atoms with E-state index in [1.54, 1.807) is 0 Å². The van der Waals surface area contributed by atoms with Gasteiger partial charge >= 0.3 is 65.7 Å². The van der Waals surface area contributed by atoms with Crippen molar-refractivity contribution in [3.63, 3.8) is 0 Å². The van der Waals surface area contributed by atoms with E-state index in [-0.39, 0.29) is 0 Å². The van der Waals surface area contributed by atoms with Crippen LogP contribution in [0.4, 0.5) is 0 Å². The van der Waals surface area contributed by atoms with Gasteiger partial charge in [0, 0.05) is 0 Å². The van der Waals surface area contributed by atoms with E-state index in [9.17, 15) is 0 Å². The molecule has 0 aromatic rings. The summed E-state index contributed by atoms with van der Waals surface area (Å²) in [6.45, 7) is 6.46. The fourth-order valence-electron chi connectivity index (χ4n) is 0.502. The van der Waals surface area contributed by atoms with Crippen LogP contribution in [0.25, 0.3) is 0 Å². The van der Waals surface area contributed by atoms with E-state index in [0.29, 0.717) is 16.6 Å². The van der Waals surface area contributed by atoms with Crippen LogP contribution in [0.5, 0.6) is 0 Å². The predicted molar refractivity (Wildman–Crippen MR) is 51.4 cm³/mol. The summed E-state index contributed by atoms with van der Waals surface area (Å²) in [4.78, 5) is 0. The zero-order valence-electron chi connectivity index (χ0n) is 6.55. The number of hydrogen-bond acceptors (Lipinski definition) is 2. The number of hydrogen-bond donors (Lipinski definition) is 2. The molecule has 0 bridgehead atoms. The molecule has 0 saturated carbocycles. The second kappa shape index (κ2) is 7.59. The van der Waals surface area contributed by atoms with Crippen LogP contribution in [0.15, 0.2) is 0 Å². The summed E-state index contributed by atoms with van der Waals surface area (Å²) in [5, 5.41) is 0. The molecule has 0 aliphatic rings. The Balaban J connectivity index is 3.97. The SMILES string of the molecule is CCS(CC)=P#CCNN. The maximum absolute atomic E-state index is 5.08. The van der Waals surface area contributed by atoms with Gasteiger partial charge in [-0.05, 0) is 0 Å². The molecule has 2 nitrogen and oxygen atoms in total. The van der Waals surface area contributed by atoms with E-state index in [1.807, 2.05) is 0 Å². The quantitative estimate of drug-likeness (QED) is 0.383. The predicted octanol–water partition coefficient (Wildman–Crippen LogP) is 0.928. The van der Waals surface area contributed by atoms with Crippen LogP contribution in [0, 0.1) is 5.63 Å². The molecule has 0 aliphatic carbocycles. The third kappa shape index (κ3) is 5.28. The first kappa shape index (κ1) is 10.5. The third-order valence-electron chi connectivity index (χ3n) is 1.04. The summed E-state index contributed by atoms with van der Waals surface area (Å²) in [6.07, 6.45) is 0. The van der Waals surface area contributed by atoms with Crippen LogP contribution >= 0.6 is 6.81 Å². The summed E-state index contributed by atoms with van der Waals surface area (Å²) >= 11 is 0. The first-order valence-corrected chi connectivity index (χ1v) is 6.46. The Kier molecular flexibility index (Phi) is 7.95. The van der Waals surface area contributed by atoms with Crippen LogP contribution in [-0.2, 0) is 10.1 Å². The van der Waals surface area contributed by atoms with Crippen molar-refractivity contribution in [1.29, 1.82) is 0 Å². The van der Waals surface area contributed by atoms with Crippen molar-refractivity contribution in [3.8, 4) is 5.63 Å². The van der Waals surface area contributed by atoms with Crippen LogP contribution in [0.1, 0.15) is 13.8 Å². The molecule has 60 valence electrons. The molecule has 0 unspecified atom stereocenters. The van der Waals surface area contributed by atoms with E-state index >= 15 is 0 Å². The number of rotatable bonds is 3. The Morgan fingerprint density at radius 2 is 2.10 bits per heavy atom. The molecule has 0 rings (SSSR count). The van der Waals surface area contributed by atoms with Gasteiger partial charge in [-0.25, -0.2) is 0 Å². The monoisotopic (exact) mass is 178 g/mol. The van der Waals surface area contributed by atoms with Gasteiger partial charge < -0.3 is 0 Å². The average molecular weight is 178 g/mol. The van der Waals surface area contributed by atoms with Gasteiger partial charge in [0.1, 0.15) is 0 Å². The molecule has 0 aliphatic heterocycles. The van der Waals surface area contributed by atoms with Crippen molar-refractivity contribution in [2.75, 3.05) is 18.1 Å². The van der Waals surface area contributed by atoms with Gasteiger partial charge in [-0.1, -0.05) is 0 Å². The Hall–Kier alpha value is 0.480. The number of nitrogens with two attached hydrogens (primary N) is 1. The van der Waals surface area contributed by atoms with E-state index in [0.717, 1.165) is 0 Å². The van der Waals surface area contributed by atoms with Crippen molar-refractivity contribution in [1.82, 2.24) is 5.43 Å². The second-order valence-electron chi connectivity index (χ2n) is 1.67. The van der Waals surface area contributed by atoms with Crippen molar-refractivity contribution < 1.29 is 0 Å². The topological polar surface area (TPSA) is 38.0 Å². The van der Waals surface area contributed by atoms with Crippen LogP contribution in [0.2, 0.25) is 0 Å². The Bertz CT molecular complexity index is 177.